The summed E-state index contributed by atoms with van der Waals surface area (Å²) in [5.74, 6) is 0.638. The summed E-state index contributed by atoms with van der Waals surface area (Å²) in [5, 5.41) is 0.483. The second kappa shape index (κ2) is 6.03. The highest BCUT2D eigenvalue weighted by molar-refractivity contribution is 6.37. The van der Waals surface area contributed by atoms with Gasteiger partial charge in [-0.2, -0.15) is 0 Å². The number of hydrogen-bond acceptors (Lipinski definition) is 4. The zero-order valence-corrected chi connectivity index (χ0v) is 12.0. The van der Waals surface area contributed by atoms with Crippen molar-refractivity contribution in [3.05, 3.63) is 46.4 Å². The van der Waals surface area contributed by atoms with Crippen molar-refractivity contribution in [2.75, 3.05) is 5.73 Å². The van der Waals surface area contributed by atoms with Gasteiger partial charge in [-0.05, 0) is 24.3 Å². The van der Waals surface area contributed by atoms with Crippen LogP contribution < -0.4 is 15.2 Å². The summed E-state index contributed by atoms with van der Waals surface area (Å²) in [6.45, 7) is 1.29. The van der Waals surface area contributed by atoms with Crippen LogP contribution in [0.3, 0.4) is 0 Å². The Balaban J connectivity index is 2.28. The minimum atomic E-state index is -0.454. The topological polar surface area (TPSA) is 61.5 Å². The van der Waals surface area contributed by atoms with Gasteiger partial charge in [-0.1, -0.05) is 23.2 Å². The van der Waals surface area contributed by atoms with Crippen LogP contribution in [-0.4, -0.2) is 5.97 Å². The summed E-state index contributed by atoms with van der Waals surface area (Å²) in [4.78, 5) is 10.9. The van der Waals surface area contributed by atoms with Crippen molar-refractivity contribution in [2.24, 2.45) is 0 Å². The maximum Gasteiger partial charge on any atom is 0.308 e. The minimum absolute atomic E-state index is 0.241. The zero-order chi connectivity index (χ0) is 14.7. The first-order chi connectivity index (χ1) is 9.45. The summed E-state index contributed by atoms with van der Waals surface area (Å²) in [6.07, 6.45) is 0. The lowest BCUT2D eigenvalue weighted by atomic mass is 10.3. The molecular formula is C14H11Cl2NO3. The van der Waals surface area contributed by atoms with Crippen molar-refractivity contribution < 1.29 is 14.3 Å². The van der Waals surface area contributed by atoms with Crippen molar-refractivity contribution in [2.45, 2.75) is 6.92 Å². The summed E-state index contributed by atoms with van der Waals surface area (Å²) in [6, 6.07) is 9.71. The van der Waals surface area contributed by atoms with E-state index in [0.29, 0.717) is 11.4 Å². The van der Waals surface area contributed by atoms with Gasteiger partial charge in [0, 0.05) is 24.7 Å². The van der Waals surface area contributed by atoms with Crippen molar-refractivity contribution in [1.82, 2.24) is 0 Å². The maximum atomic E-state index is 10.9. The van der Waals surface area contributed by atoms with Gasteiger partial charge < -0.3 is 15.2 Å². The molecule has 0 aromatic heterocycles. The van der Waals surface area contributed by atoms with E-state index in [1.807, 2.05) is 0 Å². The molecule has 0 heterocycles. The smallest absolute Gasteiger partial charge is 0.308 e. The van der Waals surface area contributed by atoms with Crippen LogP contribution in [0.1, 0.15) is 6.92 Å². The van der Waals surface area contributed by atoms with E-state index in [4.69, 9.17) is 38.4 Å². The quantitative estimate of drug-likeness (QED) is 0.521. The third-order valence-electron chi connectivity index (χ3n) is 2.33. The van der Waals surface area contributed by atoms with Crippen LogP contribution in [0.5, 0.6) is 17.2 Å². The number of halogens is 2. The molecule has 2 aromatic rings. The Bertz CT molecular complexity index is 618. The van der Waals surface area contributed by atoms with Crippen LogP contribution in [0, 0.1) is 0 Å². The molecule has 0 amide bonds. The second-order valence-corrected chi connectivity index (χ2v) is 4.80. The number of rotatable bonds is 3. The molecule has 104 valence electrons. The van der Waals surface area contributed by atoms with Crippen LogP contribution >= 0.6 is 23.2 Å². The Morgan fingerprint density at radius 3 is 2.10 bits per heavy atom. The monoisotopic (exact) mass is 311 g/mol. The third-order valence-corrected chi connectivity index (χ3v) is 2.89. The molecule has 2 N–H and O–H groups in total. The Morgan fingerprint density at radius 2 is 1.60 bits per heavy atom. The fourth-order valence-electron chi connectivity index (χ4n) is 1.51. The predicted octanol–water partition coefficient (Wildman–Crippen LogP) is 4.29. The van der Waals surface area contributed by atoms with Crippen molar-refractivity contribution in [1.29, 1.82) is 0 Å². The fourth-order valence-corrected chi connectivity index (χ4v) is 2.06. The molecule has 0 unspecified atom stereocenters. The van der Waals surface area contributed by atoms with Gasteiger partial charge in [0.1, 0.15) is 11.5 Å². The average molecular weight is 312 g/mol. The number of carbonyl (C=O) groups is 1. The number of carbonyl (C=O) groups excluding carboxylic acids is 1. The molecule has 0 aliphatic carbocycles. The number of esters is 1. The van der Waals surface area contributed by atoms with E-state index in [1.165, 1.54) is 19.1 Å². The summed E-state index contributed by atoms with van der Waals surface area (Å²) in [5.41, 5.74) is 6.21. The van der Waals surface area contributed by atoms with Gasteiger partial charge in [-0.25, -0.2) is 0 Å². The largest absolute Gasteiger partial charge is 0.454 e. The van der Waals surface area contributed by atoms with Crippen LogP contribution in [-0.2, 0) is 4.79 Å². The first-order valence-corrected chi connectivity index (χ1v) is 6.42. The van der Waals surface area contributed by atoms with Crippen LogP contribution in [0.15, 0.2) is 36.4 Å². The number of anilines is 1. The van der Waals surface area contributed by atoms with E-state index >= 15 is 0 Å². The van der Waals surface area contributed by atoms with Crippen LogP contribution in [0.4, 0.5) is 5.69 Å². The highest BCUT2D eigenvalue weighted by Crippen LogP contribution is 2.39. The first-order valence-electron chi connectivity index (χ1n) is 5.66. The summed E-state index contributed by atoms with van der Waals surface area (Å²) in [7, 11) is 0. The maximum absolute atomic E-state index is 10.9. The van der Waals surface area contributed by atoms with Crippen molar-refractivity contribution >= 4 is 34.9 Å². The molecule has 6 heteroatoms. The number of nitrogen functional groups attached to an aromatic ring is 1. The summed E-state index contributed by atoms with van der Waals surface area (Å²) >= 11 is 12.1. The molecule has 0 aliphatic rings. The molecule has 0 fully saturated rings. The molecular weight excluding hydrogens is 301 g/mol. The predicted molar refractivity (Wildman–Crippen MR) is 78.7 cm³/mol. The van der Waals surface area contributed by atoms with E-state index in [9.17, 15) is 4.79 Å². The molecule has 0 bridgehead atoms. The fraction of sp³-hybridized carbons (Fsp3) is 0.0714. The van der Waals surface area contributed by atoms with Gasteiger partial charge in [-0.3, -0.25) is 4.79 Å². The molecule has 0 atom stereocenters. The Morgan fingerprint density at radius 1 is 1.05 bits per heavy atom. The molecule has 0 saturated heterocycles. The Hall–Kier alpha value is -1.91. The van der Waals surface area contributed by atoms with Gasteiger partial charge in [0.25, 0.3) is 0 Å². The van der Waals surface area contributed by atoms with Crippen molar-refractivity contribution in [3.63, 3.8) is 0 Å². The van der Waals surface area contributed by atoms with Gasteiger partial charge in [-0.15, -0.1) is 0 Å². The third kappa shape index (κ3) is 3.56. The lowest BCUT2D eigenvalue weighted by molar-refractivity contribution is -0.131. The van der Waals surface area contributed by atoms with E-state index in [0.717, 1.165) is 0 Å². The molecule has 2 rings (SSSR count). The number of nitrogens with two attached hydrogens (primary N) is 1. The van der Waals surface area contributed by atoms with Crippen LogP contribution in [0.25, 0.3) is 0 Å². The molecule has 0 radical (unpaired) electrons. The van der Waals surface area contributed by atoms with Gasteiger partial charge >= 0.3 is 5.97 Å². The standard InChI is InChI=1S/C14H11Cl2NO3/c1-8(18)19-11-6-12(15)14(13(16)7-11)20-10-4-2-9(17)3-5-10/h2-7H,17H2,1H3. The van der Waals surface area contributed by atoms with Gasteiger partial charge in [0.2, 0.25) is 0 Å². The molecule has 20 heavy (non-hydrogen) atoms. The van der Waals surface area contributed by atoms with E-state index in [1.54, 1.807) is 24.3 Å². The lowest BCUT2D eigenvalue weighted by Gasteiger charge is -2.11. The molecule has 0 saturated carbocycles. The highest BCUT2D eigenvalue weighted by Gasteiger charge is 2.12. The molecule has 0 aliphatic heterocycles. The van der Waals surface area contributed by atoms with Crippen molar-refractivity contribution in [3.8, 4) is 17.2 Å². The van der Waals surface area contributed by atoms with Gasteiger partial charge in [0.05, 0.1) is 10.0 Å². The van der Waals surface area contributed by atoms with Crippen LogP contribution in [0.2, 0.25) is 10.0 Å². The number of ether oxygens (including phenoxy) is 2. The van der Waals surface area contributed by atoms with Gasteiger partial charge in [0.15, 0.2) is 5.75 Å². The zero-order valence-electron chi connectivity index (χ0n) is 10.5. The normalized spacial score (nSPS) is 10.2. The number of benzene rings is 2. The van der Waals surface area contributed by atoms with E-state index in [2.05, 4.69) is 0 Å². The lowest BCUT2D eigenvalue weighted by Crippen LogP contribution is -2.01. The average Bonchev–Trinajstić information content (AvgIpc) is 2.35. The van der Waals surface area contributed by atoms with E-state index < -0.39 is 5.97 Å². The first kappa shape index (κ1) is 14.5. The molecule has 0 spiro atoms. The van der Waals surface area contributed by atoms with E-state index in [-0.39, 0.29) is 21.5 Å². The SMILES string of the molecule is CC(=O)Oc1cc(Cl)c(Oc2ccc(N)cc2)c(Cl)c1. The number of hydrogen-bond donors (Lipinski definition) is 1. The molecule has 2 aromatic carbocycles. The molecule has 4 nitrogen and oxygen atoms in total. The Labute approximate surface area is 126 Å². The minimum Gasteiger partial charge on any atom is -0.454 e. The Kier molecular flexibility index (Phi) is 4.37. The highest BCUT2D eigenvalue weighted by atomic mass is 35.5. The summed E-state index contributed by atoms with van der Waals surface area (Å²) < 4.78 is 10.5. The second-order valence-electron chi connectivity index (χ2n) is 3.98.